The van der Waals surface area contributed by atoms with Gasteiger partial charge in [-0.15, -0.1) is 0 Å². The van der Waals surface area contributed by atoms with E-state index < -0.39 is 17.3 Å². The summed E-state index contributed by atoms with van der Waals surface area (Å²) in [4.78, 5) is 18.9. The number of carbonyl (C=O) groups excluding carboxylic acids is 1. The van der Waals surface area contributed by atoms with Crippen LogP contribution in [0.25, 0.3) is 11.0 Å². The summed E-state index contributed by atoms with van der Waals surface area (Å²) in [5, 5.41) is 12.8. The molecule has 1 amide bonds. The third-order valence-electron chi connectivity index (χ3n) is 3.63. The van der Waals surface area contributed by atoms with Crippen molar-refractivity contribution < 1.29 is 14.3 Å². The molecule has 1 aromatic heterocycles. The van der Waals surface area contributed by atoms with E-state index in [1.54, 1.807) is 0 Å². The second-order valence-corrected chi connectivity index (χ2v) is 4.87. The molecule has 0 aliphatic carbocycles. The van der Waals surface area contributed by atoms with Crippen molar-refractivity contribution in [2.75, 3.05) is 6.54 Å². The highest BCUT2D eigenvalue weighted by molar-refractivity contribution is 6.04. The lowest BCUT2D eigenvalue weighted by Gasteiger charge is -2.25. The zero-order chi connectivity index (χ0) is 14.8. The number of nitrogens with zero attached hydrogens (tertiary/aromatic N) is 1. The SMILES string of the molecule is CCC(O)(CC)CNC(=O)c1cc(F)cc2[nH]cnc12. The third kappa shape index (κ3) is 2.80. The predicted molar refractivity (Wildman–Crippen MR) is 73.9 cm³/mol. The lowest BCUT2D eigenvalue weighted by atomic mass is 9.97. The first-order valence-electron chi connectivity index (χ1n) is 6.62. The molecule has 0 aliphatic rings. The normalized spacial score (nSPS) is 11.8. The topological polar surface area (TPSA) is 78.0 Å². The highest BCUT2D eigenvalue weighted by Crippen LogP contribution is 2.18. The fourth-order valence-electron chi connectivity index (χ4n) is 2.03. The largest absolute Gasteiger partial charge is 0.388 e. The van der Waals surface area contributed by atoms with Crippen LogP contribution in [0.15, 0.2) is 18.5 Å². The van der Waals surface area contributed by atoms with Crippen LogP contribution < -0.4 is 5.32 Å². The zero-order valence-corrected chi connectivity index (χ0v) is 11.5. The molecule has 0 fully saturated rings. The number of rotatable bonds is 5. The number of imidazole rings is 1. The van der Waals surface area contributed by atoms with Crippen LogP contribution in [0.5, 0.6) is 0 Å². The van der Waals surface area contributed by atoms with Gasteiger partial charge in [-0.2, -0.15) is 0 Å². The van der Waals surface area contributed by atoms with E-state index in [0.717, 1.165) is 6.07 Å². The maximum absolute atomic E-state index is 13.5. The average Bonchev–Trinajstić information content (AvgIpc) is 2.91. The Morgan fingerprint density at radius 1 is 1.45 bits per heavy atom. The first kappa shape index (κ1) is 14.5. The summed E-state index contributed by atoms with van der Waals surface area (Å²) >= 11 is 0. The number of hydrogen-bond donors (Lipinski definition) is 3. The Morgan fingerprint density at radius 3 is 2.80 bits per heavy atom. The molecule has 6 heteroatoms. The van der Waals surface area contributed by atoms with Gasteiger partial charge in [0.1, 0.15) is 11.3 Å². The lowest BCUT2D eigenvalue weighted by molar-refractivity contribution is 0.0314. The molecular weight excluding hydrogens is 261 g/mol. The second-order valence-electron chi connectivity index (χ2n) is 4.87. The average molecular weight is 279 g/mol. The maximum Gasteiger partial charge on any atom is 0.253 e. The van der Waals surface area contributed by atoms with E-state index in [2.05, 4.69) is 15.3 Å². The van der Waals surface area contributed by atoms with Crippen molar-refractivity contribution in [3.63, 3.8) is 0 Å². The summed E-state index contributed by atoms with van der Waals surface area (Å²) in [6.07, 6.45) is 2.48. The fraction of sp³-hybridized carbons (Fsp3) is 0.429. The number of H-pyrrole nitrogens is 1. The van der Waals surface area contributed by atoms with Crippen molar-refractivity contribution in [2.24, 2.45) is 0 Å². The van der Waals surface area contributed by atoms with Crippen LogP contribution in [0.1, 0.15) is 37.0 Å². The lowest BCUT2D eigenvalue weighted by Crippen LogP contribution is -2.42. The Kier molecular flexibility index (Phi) is 4.04. The molecule has 0 saturated carbocycles. The van der Waals surface area contributed by atoms with Crippen LogP contribution in [0.3, 0.4) is 0 Å². The van der Waals surface area contributed by atoms with E-state index in [4.69, 9.17) is 0 Å². The van der Waals surface area contributed by atoms with Crippen LogP contribution in [0.4, 0.5) is 4.39 Å². The number of carbonyl (C=O) groups is 1. The van der Waals surface area contributed by atoms with Gasteiger partial charge in [0.05, 0.1) is 23.0 Å². The number of amides is 1. The minimum absolute atomic E-state index is 0.126. The minimum Gasteiger partial charge on any atom is -0.388 e. The van der Waals surface area contributed by atoms with E-state index in [-0.39, 0.29) is 12.1 Å². The molecule has 0 spiro atoms. The minimum atomic E-state index is -0.937. The summed E-state index contributed by atoms with van der Waals surface area (Å²) in [5.41, 5.74) is 0.112. The van der Waals surface area contributed by atoms with Crippen molar-refractivity contribution in [3.05, 3.63) is 29.8 Å². The molecule has 1 heterocycles. The predicted octanol–water partition coefficient (Wildman–Crippen LogP) is 1.98. The number of aliphatic hydroxyl groups is 1. The summed E-state index contributed by atoms with van der Waals surface area (Å²) < 4.78 is 13.5. The second kappa shape index (κ2) is 5.58. The van der Waals surface area contributed by atoms with E-state index >= 15 is 0 Å². The Bertz CT molecular complexity index is 620. The Balaban J connectivity index is 2.21. The fourth-order valence-corrected chi connectivity index (χ4v) is 2.03. The number of aromatic amines is 1. The van der Waals surface area contributed by atoms with E-state index in [9.17, 15) is 14.3 Å². The Labute approximate surface area is 116 Å². The zero-order valence-electron chi connectivity index (χ0n) is 11.5. The van der Waals surface area contributed by atoms with Crippen LogP contribution in [-0.4, -0.2) is 33.1 Å². The number of aromatic nitrogens is 2. The monoisotopic (exact) mass is 279 g/mol. The number of halogens is 1. The van der Waals surface area contributed by atoms with Gasteiger partial charge in [0, 0.05) is 6.54 Å². The van der Waals surface area contributed by atoms with Crippen molar-refractivity contribution in [2.45, 2.75) is 32.3 Å². The van der Waals surface area contributed by atoms with E-state index in [1.807, 2.05) is 13.8 Å². The standard InChI is InChI=1S/C14H18FN3O2/c1-3-14(20,4-2)7-16-13(19)10-5-9(15)6-11-12(10)18-8-17-11/h5-6,8,20H,3-4,7H2,1-2H3,(H,16,19)(H,17,18). The molecule has 0 aliphatic heterocycles. The van der Waals surface area contributed by atoms with Crippen LogP contribution in [0.2, 0.25) is 0 Å². The number of fused-ring (bicyclic) bond motifs is 1. The van der Waals surface area contributed by atoms with Gasteiger partial charge >= 0.3 is 0 Å². The first-order valence-corrected chi connectivity index (χ1v) is 6.62. The molecule has 20 heavy (non-hydrogen) atoms. The molecule has 0 saturated heterocycles. The number of hydrogen-bond acceptors (Lipinski definition) is 3. The van der Waals surface area contributed by atoms with Crippen LogP contribution >= 0.6 is 0 Å². The van der Waals surface area contributed by atoms with Gasteiger partial charge in [-0.1, -0.05) is 13.8 Å². The van der Waals surface area contributed by atoms with Gasteiger partial charge in [-0.05, 0) is 25.0 Å². The van der Waals surface area contributed by atoms with Crippen molar-refractivity contribution in [3.8, 4) is 0 Å². The highest BCUT2D eigenvalue weighted by atomic mass is 19.1. The summed E-state index contributed by atoms with van der Waals surface area (Å²) in [5.74, 6) is -0.949. The van der Waals surface area contributed by atoms with Crippen LogP contribution in [0, 0.1) is 5.82 Å². The highest BCUT2D eigenvalue weighted by Gasteiger charge is 2.24. The quantitative estimate of drug-likeness (QED) is 0.783. The van der Waals surface area contributed by atoms with Gasteiger partial charge in [0.15, 0.2) is 0 Å². The molecule has 1 aromatic carbocycles. The first-order chi connectivity index (χ1) is 9.49. The molecule has 2 aromatic rings. The Hall–Kier alpha value is -1.95. The van der Waals surface area contributed by atoms with Crippen LogP contribution in [-0.2, 0) is 0 Å². The van der Waals surface area contributed by atoms with Gasteiger partial charge in [0.25, 0.3) is 5.91 Å². The molecule has 108 valence electrons. The van der Waals surface area contributed by atoms with Crippen molar-refractivity contribution >= 4 is 16.9 Å². The number of benzene rings is 1. The molecular formula is C14H18FN3O2. The van der Waals surface area contributed by atoms with E-state index in [0.29, 0.717) is 23.9 Å². The van der Waals surface area contributed by atoms with E-state index in [1.165, 1.54) is 12.4 Å². The summed E-state index contributed by atoms with van der Waals surface area (Å²) in [6.45, 7) is 3.83. The molecule has 0 bridgehead atoms. The smallest absolute Gasteiger partial charge is 0.253 e. The molecule has 0 atom stereocenters. The van der Waals surface area contributed by atoms with Crippen molar-refractivity contribution in [1.82, 2.24) is 15.3 Å². The summed E-state index contributed by atoms with van der Waals surface area (Å²) in [6, 6.07) is 2.43. The van der Waals surface area contributed by atoms with Gasteiger partial charge in [-0.25, -0.2) is 9.37 Å². The summed E-state index contributed by atoms with van der Waals surface area (Å²) in [7, 11) is 0. The Morgan fingerprint density at radius 2 is 2.15 bits per heavy atom. The molecule has 5 nitrogen and oxygen atoms in total. The third-order valence-corrected chi connectivity index (χ3v) is 3.63. The van der Waals surface area contributed by atoms with Crippen molar-refractivity contribution in [1.29, 1.82) is 0 Å². The molecule has 0 unspecified atom stereocenters. The van der Waals surface area contributed by atoms with Gasteiger partial charge in [-0.3, -0.25) is 4.79 Å². The maximum atomic E-state index is 13.5. The molecule has 2 rings (SSSR count). The number of nitrogens with one attached hydrogen (secondary N) is 2. The molecule has 0 radical (unpaired) electrons. The van der Waals surface area contributed by atoms with Gasteiger partial charge < -0.3 is 15.4 Å². The molecule has 3 N–H and O–H groups in total. The van der Waals surface area contributed by atoms with Gasteiger partial charge in [0.2, 0.25) is 0 Å².